The van der Waals surface area contributed by atoms with Gasteiger partial charge in [-0.15, -0.1) is 0 Å². The lowest BCUT2D eigenvalue weighted by molar-refractivity contribution is -0.130. The molecule has 1 aliphatic heterocycles. The van der Waals surface area contributed by atoms with Gasteiger partial charge in [-0.3, -0.25) is 14.5 Å². The average Bonchev–Trinajstić information content (AvgIpc) is 3.26. The molecule has 0 saturated carbocycles. The third-order valence-electron chi connectivity index (χ3n) is 5.23. The molecule has 2 heterocycles. The van der Waals surface area contributed by atoms with Crippen molar-refractivity contribution in [3.63, 3.8) is 0 Å². The lowest BCUT2D eigenvalue weighted by Gasteiger charge is -2.23. The number of nitrogens with zero attached hydrogens (tertiary/aromatic N) is 2. The number of H-pyrrole nitrogens is 1. The molecule has 1 unspecified atom stereocenters. The van der Waals surface area contributed by atoms with Gasteiger partial charge in [-0.05, 0) is 47.8 Å². The van der Waals surface area contributed by atoms with Crippen molar-refractivity contribution >= 4 is 45.7 Å². The second kappa shape index (κ2) is 8.05. The molecule has 1 aromatic heterocycles. The Morgan fingerprint density at radius 2 is 1.97 bits per heavy atom. The highest BCUT2D eigenvalue weighted by molar-refractivity contribution is 7.80. The number of fused-ring (bicyclic) bond motifs is 1. The van der Waals surface area contributed by atoms with E-state index < -0.39 is 6.04 Å². The smallest absolute Gasteiger partial charge is 0.251 e. The van der Waals surface area contributed by atoms with Crippen LogP contribution in [-0.4, -0.2) is 51.3 Å². The summed E-state index contributed by atoms with van der Waals surface area (Å²) in [4.78, 5) is 31.8. The van der Waals surface area contributed by atoms with Gasteiger partial charge in [0.2, 0.25) is 5.91 Å². The predicted octanol–water partition coefficient (Wildman–Crippen LogP) is 3.17. The minimum Gasteiger partial charge on any atom is -0.361 e. The van der Waals surface area contributed by atoms with Gasteiger partial charge in [-0.2, -0.15) is 0 Å². The van der Waals surface area contributed by atoms with Crippen molar-refractivity contribution in [1.82, 2.24) is 14.8 Å². The van der Waals surface area contributed by atoms with Gasteiger partial charge in [-0.1, -0.05) is 36.4 Å². The van der Waals surface area contributed by atoms with Crippen LogP contribution in [-0.2, 0) is 16.0 Å². The molecule has 0 radical (unpaired) electrons. The highest BCUT2D eigenvalue weighted by atomic mass is 32.1. The maximum Gasteiger partial charge on any atom is 0.251 e. The fourth-order valence-corrected chi connectivity index (χ4v) is 3.94. The van der Waals surface area contributed by atoms with Gasteiger partial charge < -0.3 is 15.2 Å². The standard InChI is InChI=1S/C22H22N4O2S/c1-25-21(28)19(26(22(25)29)12-10-15-5-3-2-4-6-15)14-20(27)24-17-8-7-16-9-11-23-18(16)13-17/h2-9,11,13,19,23H,10,12,14H2,1H3,(H,24,27). The number of rotatable bonds is 6. The molecule has 1 fully saturated rings. The van der Waals surface area contributed by atoms with Crippen LogP contribution >= 0.6 is 12.2 Å². The van der Waals surface area contributed by atoms with Crippen molar-refractivity contribution in [1.29, 1.82) is 0 Å². The predicted molar refractivity (Wildman–Crippen MR) is 118 cm³/mol. The Hall–Kier alpha value is -3.19. The van der Waals surface area contributed by atoms with Crippen LogP contribution in [0.5, 0.6) is 0 Å². The molecule has 0 bridgehead atoms. The molecule has 2 N–H and O–H groups in total. The molecule has 2 aromatic carbocycles. The molecule has 1 atom stereocenters. The summed E-state index contributed by atoms with van der Waals surface area (Å²) in [5, 5.41) is 4.44. The van der Waals surface area contributed by atoms with Crippen molar-refractivity contribution in [2.45, 2.75) is 18.9 Å². The number of thiocarbonyl (C=S) groups is 1. The molecule has 2 amide bonds. The summed E-state index contributed by atoms with van der Waals surface area (Å²) in [7, 11) is 1.66. The first-order valence-corrected chi connectivity index (χ1v) is 9.93. The highest BCUT2D eigenvalue weighted by Gasteiger charge is 2.41. The quantitative estimate of drug-likeness (QED) is 0.617. The third kappa shape index (κ3) is 4.00. The van der Waals surface area contributed by atoms with E-state index in [1.807, 2.05) is 65.7 Å². The van der Waals surface area contributed by atoms with Crippen molar-refractivity contribution < 1.29 is 9.59 Å². The van der Waals surface area contributed by atoms with Crippen LogP contribution in [0.2, 0.25) is 0 Å². The van der Waals surface area contributed by atoms with E-state index in [4.69, 9.17) is 12.2 Å². The van der Waals surface area contributed by atoms with Gasteiger partial charge in [0.1, 0.15) is 6.04 Å². The van der Waals surface area contributed by atoms with Crippen molar-refractivity contribution in [2.24, 2.45) is 0 Å². The lowest BCUT2D eigenvalue weighted by Crippen LogP contribution is -2.39. The number of hydrogen-bond acceptors (Lipinski definition) is 3. The second-order valence-electron chi connectivity index (χ2n) is 7.16. The number of aromatic nitrogens is 1. The Bertz CT molecular complexity index is 1060. The molecule has 7 heteroatoms. The Balaban J connectivity index is 1.44. The summed E-state index contributed by atoms with van der Waals surface area (Å²) in [5.74, 6) is -0.352. The molecule has 1 aliphatic rings. The summed E-state index contributed by atoms with van der Waals surface area (Å²) in [6.07, 6.45) is 2.67. The van der Waals surface area contributed by atoms with E-state index in [2.05, 4.69) is 10.3 Å². The van der Waals surface area contributed by atoms with Crippen LogP contribution in [0.4, 0.5) is 5.69 Å². The first-order chi connectivity index (χ1) is 14.0. The zero-order valence-corrected chi connectivity index (χ0v) is 16.9. The third-order valence-corrected chi connectivity index (χ3v) is 5.73. The topological polar surface area (TPSA) is 68.4 Å². The summed E-state index contributed by atoms with van der Waals surface area (Å²) in [5.41, 5.74) is 2.81. The monoisotopic (exact) mass is 406 g/mol. The number of amides is 2. The maximum atomic E-state index is 12.7. The van der Waals surface area contributed by atoms with Gasteiger partial charge >= 0.3 is 0 Å². The average molecular weight is 407 g/mol. The lowest BCUT2D eigenvalue weighted by atomic mass is 10.1. The minimum atomic E-state index is -0.578. The number of hydrogen-bond donors (Lipinski definition) is 2. The van der Waals surface area contributed by atoms with Gasteiger partial charge in [0.25, 0.3) is 5.91 Å². The molecule has 148 valence electrons. The Kier molecular flexibility index (Phi) is 5.31. The van der Waals surface area contributed by atoms with Gasteiger partial charge in [0.05, 0.1) is 6.42 Å². The maximum absolute atomic E-state index is 12.7. The molecule has 29 heavy (non-hydrogen) atoms. The number of aromatic amines is 1. The molecule has 0 aliphatic carbocycles. The summed E-state index contributed by atoms with van der Waals surface area (Å²) >= 11 is 5.45. The number of nitrogens with one attached hydrogen (secondary N) is 2. The zero-order valence-electron chi connectivity index (χ0n) is 16.1. The normalized spacial score (nSPS) is 16.7. The van der Waals surface area contributed by atoms with Gasteiger partial charge in [0, 0.05) is 31.0 Å². The molecule has 6 nitrogen and oxygen atoms in total. The Morgan fingerprint density at radius 1 is 1.17 bits per heavy atom. The molecule has 1 saturated heterocycles. The summed E-state index contributed by atoms with van der Waals surface area (Å²) < 4.78 is 0. The van der Waals surface area contributed by atoms with Crippen LogP contribution < -0.4 is 5.32 Å². The van der Waals surface area contributed by atoms with Gasteiger partial charge in [0.15, 0.2) is 5.11 Å². The van der Waals surface area contributed by atoms with E-state index >= 15 is 0 Å². The number of carbonyl (C=O) groups is 2. The summed E-state index contributed by atoms with van der Waals surface area (Å²) in [6, 6.07) is 17.1. The second-order valence-corrected chi connectivity index (χ2v) is 7.52. The van der Waals surface area contributed by atoms with E-state index in [-0.39, 0.29) is 18.2 Å². The van der Waals surface area contributed by atoms with Crippen LogP contribution in [0, 0.1) is 0 Å². The van der Waals surface area contributed by atoms with Crippen molar-refractivity contribution in [2.75, 3.05) is 18.9 Å². The fraction of sp³-hybridized carbons (Fsp3) is 0.227. The molecule has 4 rings (SSSR count). The SMILES string of the molecule is CN1C(=O)C(CC(=O)Nc2ccc3cc[nH]c3c2)N(CCc2ccccc2)C1=S. The summed E-state index contributed by atoms with van der Waals surface area (Å²) in [6.45, 7) is 0.589. The van der Waals surface area contributed by atoms with Crippen LogP contribution in [0.15, 0.2) is 60.8 Å². The van der Waals surface area contributed by atoms with E-state index in [9.17, 15) is 9.59 Å². The number of benzene rings is 2. The Labute approximate surface area is 174 Å². The van der Waals surface area contributed by atoms with Gasteiger partial charge in [-0.25, -0.2) is 0 Å². The first kappa shape index (κ1) is 19.1. The number of carbonyl (C=O) groups excluding carboxylic acids is 2. The molecule has 3 aromatic rings. The highest BCUT2D eigenvalue weighted by Crippen LogP contribution is 2.22. The molecule has 0 spiro atoms. The molecular weight excluding hydrogens is 384 g/mol. The van der Waals surface area contributed by atoms with E-state index in [0.717, 1.165) is 17.3 Å². The van der Waals surface area contributed by atoms with Crippen LogP contribution in [0.25, 0.3) is 10.9 Å². The van der Waals surface area contributed by atoms with Crippen LogP contribution in [0.1, 0.15) is 12.0 Å². The largest absolute Gasteiger partial charge is 0.361 e. The van der Waals surface area contributed by atoms with E-state index in [1.165, 1.54) is 10.5 Å². The Morgan fingerprint density at radius 3 is 2.76 bits per heavy atom. The van der Waals surface area contributed by atoms with Crippen molar-refractivity contribution in [3.05, 3.63) is 66.4 Å². The first-order valence-electron chi connectivity index (χ1n) is 9.52. The molecular formula is C22H22N4O2S. The van der Waals surface area contributed by atoms with Crippen LogP contribution in [0.3, 0.4) is 0 Å². The van der Waals surface area contributed by atoms with E-state index in [0.29, 0.717) is 17.3 Å². The minimum absolute atomic E-state index is 0.0564. The number of anilines is 1. The van der Waals surface area contributed by atoms with Crippen molar-refractivity contribution in [3.8, 4) is 0 Å². The zero-order chi connectivity index (χ0) is 20.4. The fourth-order valence-electron chi connectivity index (χ4n) is 3.63. The van der Waals surface area contributed by atoms with E-state index in [1.54, 1.807) is 7.05 Å². The number of likely N-dealkylation sites (N-methyl/N-ethyl adjacent to an activating group) is 1.